The topological polar surface area (TPSA) is 75.9 Å². The molecule has 8 heteroatoms. The van der Waals surface area contributed by atoms with Crippen molar-refractivity contribution in [2.24, 2.45) is 0 Å². The van der Waals surface area contributed by atoms with Gasteiger partial charge in [-0.25, -0.2) is 0 Å². The Labute approximate surface area is 168 Å². The number of tetrazole rings is 1. The minimum absolute atomic E-state index is 0.0849. The highest BCUT2D eigenvalue weighted by molar-refractivity contribution is 7.99. The van der Waals surface area contributed by atoms with Crippen molar-refractivity contribution < 1.29 is 4.79 Å². The number of aryl methyl sites for hydroxylation is 1. The molecule has 0 radical (unpaired) electrons. The summed E-state index contributed by atoms with van der Waals surface area (Å²) in [5.41, 5.74) is 3.99. The molecule has 0 bridgehead atoms. The Balaban J connectivity index is 1.35. The first-order chi connectivity index (χ1) is 13.7. The number of carbonyl (C=O) groups is 1. The first kappa shape index (κ1) is 18.5. The van der Waals surface area contributed by atoms with E-state index in [0.29, 0.717) is 5.16 Å². The Morgan fingerprint density at radius 1 is 1.11 bits per heavy atom. The lowest BCUT2D eigenvalue weighted by molar-refractivity contribution is -0.113. The van der Waals surface area contributed by atoms with Gasteiger partial charge < -0.3 is 10.2 Å². The maximum atomic E-state index is 12.3. The van der Waals surface area contributed by atoms with Crippen LogP contribution in [-0.2, 0) is 4.79 Å². The number of benzene rings is 2. The van der Waals surface area contributed by atoms with Crippen LogP contribution < -0.4 is 10.2 Å². The number of nitrogens with one attached hydrogen (secondary N) is 1. The molecule has 1 N–H and O–H groups in total. The van der Waals surface area contributed by atoms with Crippen LogP contribution in [0.1, 0.15) is 18.4 Å². The predicted molar refractivity (Wildman–Crippen MR) is 111 cm³/mol. The summed E-state index contributed by atoms with van der Waals surface area (Å²) in [4.78, 5) is 14.7. The Kier molecular flexibility index (Phi) is 5.57. The Bertz CT molecular complexity index is 949. The van der Waals surface area contributed by atoms with E-state index in [-0.39, 0.29) is 11.7 Å². The molecule has 0 unspecified atom stereocenters. The molecule has 7 nitrogen and oxygen atoms in total. The number of hydrogen-bond donors (Lipinski definition) is 1. The van der Waals surface area contributed by atoms with Crippen LogP contribution in [0.15, 0.2) is 53.7 Å². The molecule has 0 aliphatic carbocycles. The van der Waals surface area contributed by atoms with Crippen LogP contribution in [0, 0.1) is 6.92 Å². The molecule has 1 amide bonds. The van der Waals surface area contributed by atoms with E-state index in [1.54, 1.807) is 4.68 Å². The summed E-state index contributed by atoms with van der Waals surface area (Å²) < 4.78 is 1.66. The first-order valence-corrected chi connectivity index (χ1v) is 10.3. The largest absolute Gasteiger partial charge is 0.372 e. The summed E-state index contributed by atoms with van der Waals surface area (Å²) in [5.74, 6) is 0.151. The molecule has 1 aliphatic heterocycles. The summed E-state index contributed by atoms with van der Waals surface area (Å²) in [6.07, 6.45) is 2.50. The van der Waals surface area contributed by atoms with Crippen LogP contribution >= 0.6 is 11.8 Å². The van der Waals surface area contributed by atoms with Crippen molar-refractivity contribution in [3.05, 3.63) is 54.1 Å². The van der Waals surface area contributed by atoms with E-state index in [1.807, 2.05) is 43.3 Å². The average molecular weight is 395 g/mol. The maximum absolute atomic E-state index is 12.3. The molecule has 1 saturated heterocycles. The fourth-order valence-corrected chi connectivity index (χ4v) is 3.96. The number of hydrogen-bond acceptors (Lipinski definition) is 6. The Morgan fingerprint density at radius 2 is 1.86 bits per heavy atom. The molecule has 1 fully saturated rings. The van der Waals surface area contributed by atoms with Crippen molar-refractivity contribution in [2.45, 2.75) is 24.9 Å². The number of carbonyl (C=O) groups excluding carboxylic acids is 1. The van der Waals surface area contributed by atoms with Gasteiger partial charge in [0.05, 0.1) is 11.4 Å². The zero-order chi connectivity index (χ0) is 19.3. The second-order valence-corrected chi connectivity index (χ2v) is 7.68. The molecular weight excluding hydrogens is 372 g/mol. The van der Waals surface area contributed by atoms with Gasteiger partial charge in [0.1, 0.15) is 0 Å². The van der Waals surface area contributed by atoms with E-state index in [4.69, 9.17) is 0 Å². The summed E-state index contributed by atoms with van der Waals surface area (Å²) in [7, 11) is 0. The zero-order valence-corrected chi connectivity index (χ0v) is 16.5. The lowest BCUT2D eigenvalue weighted by atomic mass is 10.2. The molecule has 2 aromatic carbocycles. The van der Waals surface area contributed by atoms with Crippen LogP contribution in [0.3, 0.4) is 0 Å². The van der Waals surface area contributed by atoms with Gasteiger partial charge in [-0.2, -0.15) is 4.68 Å². The van der Waals surface area contributed by atoms with E-state index in [0.717, 1.165) is 30.0 Å². The van der Waals surface area contributed by atoms with Crippen LogP contribution in [0.25, 0.3) is 5.69 Å². The quantitative estimate of drug-likeness (QED) is 0.647. The Morgan fingerprint density at radius 3 is 2.61 bits per heavy atom. The van der Waals surface area contributed by atoms with Gasteiger partial charge in [0.2, 0.25) is 11.1 Å². The maximum Gasteiger partial charge on any atom is 0.234 e. The molecule has 0 atom stereocenters. The smallest absolute Gasteiger partial charge is 0.234 e. The van der Waals surface area contributed by atoms with Gasteiger partial charge in [-0.1, -0.05) is 30.0 Å². The summed E-state index contributed by atoms with van der Waals surface area (Å²) in [5, 5.41) is 15.4. The summed E-state index contributed by atoms with van der Waals surface area (Å²) in [6, 6.07) is 15.9. The highest BCUT2D eigenvalue weighted by Crippen LogP contribution is 2.23. The van der Waals surface area contributed by atoms with Gasteiger partial charge in [-0.15, -0.1) is 5.10 Å². The predicted octanol–water partition coefficient (Wildman–Crippen LogP) is 3.30. The monoisotopic (exact) mass is 394 g/mol. The normalized spacial score (nSPS) is 13.7. The number of aromatic nitrogens is 4. The lowest BCUT2D eigenvalue weighted by Gasteiger charge is -2.17. The fraction of sp³-hybridized carbons (Fsp3) is 0.300. The SMILES string of the molecule is Cc1ccccc1-n1nnnc1SCC(=O)Nc1ccc(N2CCCC2)cc1. The van der Waals surface area contributed by atoms with Gasteiger partial charge >= 0.3 is 0 Å². The lowest BCUT2D eigenvalue weighted by Crippen LogP contribution is -2.18. The zero-order valence-electron chi connectivity index (χ0n) is 15.7. The Hall–Kier alpha value is -2.87. The van der Waals surface area contributed by atoms with Crippen LogP contribution in [0.2, 0.25) is 0 Å². The third kappa shape index (κ3) is 4.17. The van der Waals surface area contributed by atoms with Gasteiger partial charge in [0.25, 0.3) is 0 Å². The van der Waals surface area contributed by atoms with Crippen molar-refractivity contribution in [1.82, 2.24) is 20.2 Å². The molecule has 4 rings (SSSR count). The minimum atomic E-state index is -0.0849. The summed E-state index contributed by atoms with van der Waals surface area (Å²) >= 11 is 1.31. The molecule has 0 spiro atoms. The van der Waals surface area contributed by atoms with Gasteiger partial charge in [-0.3, -0.25) is 4.79 Å². The van der Waals surface area contributed by atoms with Crippen LogP contribution in [-0.4, -0.2) is 45.0 Å². The number of rotatable bonds is 6. The van der Waals surface area contributed by atoms with Crippen molar-refractivity contribution in [3.63, 3.8) is 0 Å². The van der Waals surface area contributed by atoms with E-state index < -0.39 is 0 Å². The molecule has 144 valence electrons. The van der Waals surface area contributed by atoms with Crippen molar-refractivity contribution in [1.29, 1.82) is 0 Å². The number of nitrogens with zero attached hydrogens (tertiary/aromatic N) is 5. The molecular formula is C20H22N6OS. The van der Waals surface area contributed by atoms with Gasteiger partial charge in [0.15, 0.2) is 0 Å². The number of amides is 1. The molecule has 0 saturated carbocycles. The van der Waals surface area contributed by atoms with Crippen molar-refractivity contribution >= 4 is 29.0 Å². The fourth-order valence-electron chi connectivity index (χ4n) is 3.28. The van der Waals surface area contributed by atoms with Crippen LogP contribution in [0.5, 0.6) is 0 Å². The van der Waals surface area contributed by atoms with E-state index in [9.17, 15) is 4.79 Å². The number of thioether (sulfide) groups is 1. The third-order valence-corrected chi connectivity index (χ3v) is 5.66. The number of para-hydroxylation sites is 1. The number of anilines is 2. The highest BCUT2D eigenvalue weighted by atomic mass is 32.2. The van der Waals surface area contributed by atoms with Crippen LogP contribution in [0.4, 0.5) is 11.4 Å². The standard InChI is InChI=1S/C20H22N6OS/c1-15-6-2-3-7-18(15)26-20(22-23-24-26)28-14-19(27)21-16-8-10-17(11-9-16)25-12-4-5-13-25/h2-3,6-11H,4-5,12-14H2,1H3,(H,21,27). The molecule has 2 heterocycles. The highest BCUT2D eigenvalue weighted by Gasteiger charge is 2.14. The third-order valence-electron chi connectivity index (χ3n) is 4.74. The van der Waals surface area contributed by atoms with E-state index in [2.05, 4.69) is 37.9 Å². The molecule has 1 aliphatic rings. The second kappa shape index (κ2) is 8.43. The van der Waals surface area contributed by atoms with E-state index in [1.165, 1.54) is 30.3 Å². The van der Waals surface area contributed by atoms with Gasteiger partial charge in [0, 0.05) is 24.5 Å². The van der Waals surface area contributed by atoms with E-state index >= 15 is 0 Å². The second-order valence-electron chi connectivity index (χ2n) is 6.74. The molecule has 1 aromatic heterocycles. The van der Waals surface area contributed by atoms with Crippen molar-refractivity contribution in [2.75, 3.05) is 29.1 Å². The average Bonchev–Trinajstić information content (AvgIpc) is 3.39. The van der Waals surface area contributed by atoms with Crippen molar-refractivity contribution in [3.8, 4) is 5.69 Å². The first-order valence-electron chi connectivity index (χ1n) is 9.33. The van der Waals surface area contributed by atoms with Gasteiger partial charge in [-0.05, 0) is 66.1 Å². The molecule has 28 heavy (non-hydrogen) atoms. The molecule has 3 aromatic rings. The minimum Gasteiger partial charge on any atom is -0.372 e. The summed E-state index contributed by atoms with van der Waals surface area (Å²) in [6.45, 7) is 4.22.